The molecule has 0 atom stereocenters. The summed E-state index contributed by atoms with van der Waals surface area (Å²) < 4.78 is 57.3. The molecule has 17 heavy (non-hydrogen) atoms. The minimum Gasteiger partial charge on any atom is -0.465 e. The van der Waals surface area contributed by atoms with Crippen molar-refractivity contribution in [2.45, 2.75) is 6.18 Å². The maximum absolute atomic E-state index is 13.1. The summed E-state index contributed by atoms with van der Waals surface area (Å²) in [5, 5.41) is 0. The van der Waals surface area contributed by atoms with E-state index in [9.17, 15) is 17.6 Å². The Morgan fingerprint density at radius 3 is 2.53 bits per heavy atom. The van der Waals surface area contributed by atoms with Crippen LogP contribution in [0.3, 0.4) is 0 Å². The van der Waals surface area contributed by atoms with Crippen molar-refractivity contribution in [1.82, 2.24) is 0 Å². The van der Waals surface area contributed by atoms with Gasteiger partial charge < -0.3 is 15.2 Å². The Bertz CT molecular complexity index is 397. The summed E-state index contributed by atoms with van der Waals surface area (Å²) in [7, 11) is 0. The van der Waals surface area contributed by atoms with Crippen LogP contribution in [0.4, 0.5) is 23.2 Å². The van der Waals surface area contributed by atoms with Crippen LogP contribution in [0.5, 0.6) is 5.75 Å². The molecule has 96 valence electrons. The van der Waals surface area contributed by atoms with Gasteiger partial charge >= 0.3 is 6.18 Å². The summed E-state index contributed by atoms with van der Waals surface area (Å²) in [6.07, 6.45) is -4.43. The zero-order valence-electron chi connectivity index (χ0n) is 8.35. The van der Waals surface area contributed by atoms with Crippen molar-refractivity contribution in [2.24, 2.45) is 0 Å². The third-order valence-electron chi connectivity index (χ3n) is 1.62. The normalized spacial score (nSPS) is 11.6. The molecule has 0 amide bonds. The van der Waals surface area contributed by atoms with Crippen molar-refractivity contribution < 1.29 is 27.0 Å². The van der Waals surface area contributed by atoms with Crippen molar-refractivity contribution in [3.8, 4) is 5.75 Å². The smallest absolute Gasteiger partial charge is 0.411 e. The van der Waals surface area contributed by atoms with Gasteiger partial charge in [0.05, 0.1) is 10.2 Å². The number of hydrogen-bond donors (Lipinski definition) is 1. The zero-order chi connectivity index (χ0) is 13.1. The van der Waals surface area contributed by atoms with Gasteiger partial charge in [0.15, 0.2) is 6.79 Å². The summed E-state index contributed by atoms with van der Waals surface area (Å²) in [5.41, 5.74) is 5.55. The molecule has 1 aromatic carbocycles. The standard InChI is InChI=1S/C9H8BrF4NO2/c10-5-1-7(15)8(2-6(5)11)17-4-16-3-9(12,13)14/h1-2H,3-4,15H2. The zero-order valence-corrected chi connectivity index (χ0v) is 9.94. The van der Waals surface area contributed by atoms with Crippen molar-refractivity contribution in [3.63, 3.8) is 0 Å². The summed E-state index contributed by atoms with van der Waals surface area (Å²) in [6.45, 7) is -2.10. The number of nitrogen functional groups attached to an aromatic ring is 1. The van der Waals surface area contributed by atoms with Gasteiger partial charge in [-0.2, -0.15) is 13.2 Å². The van der Waals surface area contributed by atoms with E-state index < -0.39 is 25.4 Å². The highest BCUT2D eigenvalue weighted by molar-refractivity contribution is 9.10. The van der Waals surface area contributed by atoms with Crippen LogP contribution >= 0.6 is 15.9 Å². The maximum Gasteiger partial charge on any atom is 0.411 e. The summed E-state index contributed by atoms with van der Waals surface area (Å²) >= 11 is 2.90. The van der Waals surface area contributed by atoms with Crippen LogP contribution in [0, 0.1) is 5.82 Å². The molecule has 0 spiro atoms. The highest BCUT2D eigenvalue weighted by atomic mass is 79.9. The molecule has 0 saturated carbocycles. The fourth-order valence-corrected chi connectivity index (χ4v) is 1.29. The molecule has 0 heterocycles. The third kappa shape index (κ3) is 4.78. The summed E-state index contributed by atoms with van der Waals surface area (Å²) in [4.78, 5) is 0. The molecule has 0 unspecified atom stereocenters. The van der Waals surface area contributed by atoms with E-state index >= 15 is 0 Å². The van der Waals surface area contributed by atoms with E-state index in [-0.39, 0.29) is 15.9 Å². The number of hydrogen-bond acceptors (Lipinski definition) is 3. The van der Waals surface area contributed by atoms with E-state index in [0.29, 0.717) is 0 Å². The second-order valence-corrected chi connectivity index (χ2v) is 3.88. The maximum atomic E-state index is 13.1. The molecule has 1 rings (SSSR count). The summed E-state index contributed by atoms with van der Waals surface area (Å²) in [6, 6.07) is 2.20. The molecule has 0 saturated heterocycles. The van der Waals surface area contributed by atoms with Crippen LogP contribution < -0.4 is 10.5 Å². The number of anilines is 1. The van der Waals surface area contributed by atoms with Gasteiger partial charge in [-0.3, -0.25) is 0 Å². The number of ether oxygens (including phenoxy) is 2. The first kappa shape index (κ1) is 14.0. The van der Waals surface area contributed by atoms with Gasteiger partial charge in [-0.25, -0.2) is 4.39 Å². The Morgan fingerprint density at radius 1 is 1.29 bits per heavy atom. The molecule has 0 aliphatic carbocycles. The molecule has 0 aliphatic heterocycles. The van der Waals surface area contributed by atoms with Gasteiger partial charge in [0.25, 0.3) is 0 Å². The summed E-state index contributed by atoms with van der Waals surface area (Å²) in [5.74, 6) is -0.710. The first-order chi connectivity index (χ1) is 7.79. The van der Waals surface area contributed by atoms with E-state index in [2.05, 4.69) is 20.7 Å². The number of benzene rings is 1. The van der Waals surface area contributed by atoms with Gasteiger partial charge in [0.1, 0.15) is 18.2 Å². The van der Waals surface area contributed by atoms with Gasteiger partial charge in [0.2, 0.25) is 0 Å². The van der Waals surface area contributed by atoms with Crippen LogP contribution in [0.1, 0.15) is 0 Å². The van der Waals surface area contributed by atoms with E-state index in [1.165, 1.54) is 6.07 Å². The van der Waals surface area contributed by atoms with Crippen LogP contribution in [-0.2, 0) is 4.74 Å². The number of alkyl halides is 3. The number of halogens is 5. The van der Waals surface area contributed by atoms with E-state index in [1.54, 1.807) is 0 Å². The lowest BCUT2D eigenvalue weighted by atomic mass is 10.3. The topological polar surface area (TPSA) is 44.5 Å². The molecule has 8 heteroatoms. The highest BCUT2D eigenvalue weighted by Gasteiger charge is 2.27. The molecular weight excluding hydrogens is 310 g/mol. The van der Waals surface area contributed by atoms with Crippen LogP contribution in [0.15, 0.2) is 16.6 Å². The van der Waals surface area contributed by atoms with Crippen LogP contribution in [0.25, 0.3) is 0 Å². The minimum absolute atomic E-state index is 0.0760. The molecule has 2 N–H and O–H groups in total. The molecule has 0 radical (unpaired) electrons. The van der Waals surface area contributed by atoms with Crippen molar-refractivity contribution in [3.05, 3.63) is 22.4 Å². The highest BCUT2D eigenvalue weighted by Crippen LogP contribution is 2.28. The van der Waals surface area contributed by atoms with E-state index in [0.717, 1.165) is 6.07 Å². The quantitative estimate of drug-likeness (QED) is 0.402. The fourth-order valence-electron chi connectivity index (χ4n) is 0.932. The van der Waals surface area contributed by atoms with Crippen LogP contribution in [-0.4, -0.2) is 19.6 Å². The molecular formula is C9H8BrF4NO2. The van der Waals surface area contributed by atoms with Gasteiger partial charge in [-0.15, -0.1) is 0 Å². The third-order valence-corrected chi connectivity index (χ3v) is 2.22. The molecule has 0 bridgehead atoms. The van der Waals surface area contributed by atoms with Crippen LogP contribution in [0.2, 0.25) is 0 Å². The largest absolute Gasteiger partial charge is 0.465 e. The molecule has 0 fully saturated rings. The van der Waals surface area contributed by atoms with Gasteiger partial charge in [-0.05, 0) is 22.0 Å². The van der Waals surface area contributed by atoms with E-state index in [1.807, 2.05) is 0 Å². The first-order valence-electron chi connectivity index (χ1n) is 4.31. The SMILES string of the molecule is Nc1cc(Br)c(F)cc1OCOCC(F)(F)F. The predicted molar refractivity (Wildman–Crippen MR) is 56.0 cm³/mol. The molecule has 1 aromatic rings. The predicted octanol–water partition coefficient (Wildman–Crippen LogP) is 3.09. The minimum atomic E-state index is -4.43. The Kier molecular flexibility index (Phi) is 4.58. The number of nitrogens with two attached hydrogens (primary N) is 1. The Hall–Kier alpha value is -1.02. The second kappa shape index (κ2) is 5.54. The lowest BCUT2D eigenvalue weighted by Gasteiger charge is -2.11. The number of rotatable bonds is 4. The van der Waals surface area contributed by atoms with Gasteiger partial charge in [-0.1, -0.05) is 0 Å². The second-order valence-electron chi connectivity index (χ2n) is 3.03. The average Bonchev–Trinajstić information content (AvgIpc) is 2.18. The fraction of sp³-hybridized carbons (Fsp3) is 0.333. The van der Waals surface area contributed by atoms with Gasteiger partial charge in [0, 0.05) is 6.07 Å². The van der Waals surface area contributed by atoms with E-state index in [4.69, 9.17) is 10.5 Å². The Labute approximate surface area is 103 Å². The first-order valence-corrected chi connectivity index (χ1v) is 5.10. The van der Waals surface area contributed by atoms with Crippen molar-refractivity contribution in [2.75, 3.05) is 19.1 Å². The molecule has 3 nitrogen and oxygen atoms in total. The molecule has 0 aliphatic rings. The monoisotopic (exact) mass is 317 g/mol. The lowest BCUT2D eigenvalue weighted by molar-refractivity contribution is -0.186. The average molecular weight is 318 g/mol. The van der Waals surface area contributed by atoms with Crippen molar-refractivity contribution in [1.29, 1.82) is 0 Å². The van der Waals surface area contributed by atoms with Crippen molar-refractivity contribution >= 4 is 21.6 Å². The lowest BCUT2D eigenvalue weighted by Crippen LogP contribution is -2.19. The Balaban J connectivity index is 2.50. The molecule has 0 aromatic heterocycles. The Morgan fingerprint density at radius 2 is 1.94 bits per heavy atom.